The lowest BCUT2D eigenvalue weighted by Gasteiger charge is -2.01. The van der Waals surface area contributed by atoms with Crippen molar-refractivity contribution in [2.45, 2.75) is 12.8 Å². The number of hydrogen-bond acceptors (Lipinski definition) is 2. The van der Waals surface area contributed by atoms with Gasteiger partial charge < -0.3 is 0 Å². The smallest absolute Gasteiger partial charge is 0.151 e. The van der Waals surface area contributed by atoms with Gasteiger partial charge in [-0.1, -0.05) is 41.9 Å². The highest BCUT2D eigenvalue weighted by molar-refractivity contribution is 6.29. The molecule has 0 aliphatic rings. The van der Waals surface area contributed by atoms with Crippen LogP contribution in [0.3, 0.4) is 0 Å². The Balaban J connectivity index is 1.99. The summed E-state index contributed by atoms with van der Waals surface area (Å²) in [6, 6.07) is 12.2. The Labute approximate surface area is 93.9 Å². The largest absolute Gasteiger partial charge is 0.157 e. The summed E-state index contributed by atoms with van der Waals surface area (Å²) in [7, 11) is 0. The summed E-state index contributed by atoms with van der Waals surface area (Å²) in [5.74, 6) is 0. The first-order valence-corrected chi connectivity index (χ1v) is 5.23. The van der Waals surface area contributed by atoms with Crippen LogP contribution in [0.5, 0.6) is 0 Å². The molecule has 2 nitrogen and oxygen atoms in total. The maximum Gasteiger partial charge on any atom is 0.151 e. The zero-order valence-corrected chi connectivity index (χ0v) is 8.98. The molecule has 0 bridgehead atoms. The molecule has 0 atom stereocenters. The molecule has 0 aliphatic heterocycles. The van der Waals surface area contributed by atoms with Gasteiger partial charge in [0.1, 0.15) is 0 Å². The van der Waals surface area contributed by atoms with Crippen molar-refractivity contribution in [3.63, 3.8) is 0 Å². The molecule has 1 aromatic carbocycles. The number of nitrogens with zero attached hydrogens (tertiary/aromatic N) is 2. The number of rotatable bonds is 3. The van der Waals surface area contributed by atoms with Crippen LogP contribution in [0.2, 0.25) is 5.15 Å². The minimum absolute atomic E-state index is 0.459. The molecule has 1 heterocycles. The van der Waals surface area contributed by atoms with E-state index in [4.69, 9.17) is 11.6 Å². The molecule has 3 heteroatoms. The van der Waals surface area contributed by atoms with Crippen molar-refractivity contribution in [2.24, 2.45) is 0 Å². The van der Waals surface area contributed by atoms with Crippen LogP contribution in [-0.4, -0.2) is 10.2 Å². The number of halogens is 1. The molecule has 0 saturated carbocycles. The van der Waals surface area contributed by atoms with Crippen molar-refractivity contribution in [1.29, 1.82) is 0 Å². The molecule has 0 spiro atoms. The molecular weight excluding hydrogens is 208 g/mol. The van der Waals surface area contributed by atoms with E-state index in [0.717, 1.165) is 18.4 Å². The minimum Gasteiger partial charge on any atom is -0.157 e. The standard InChI is InChI=1S/C12H11ClN2/c13-12-8-11(9-14-15-12)7-6-10-4-2-1-3-5-10/h1-5,8-9H,6-7H2. The normalized spacial score (nSPS) is 10.2. The highest BCUT2D eigenvalue weighted by Gasteiger charge is 1.97. The third-order valence-corrected chi connectivity index (χ3v) is 2.41. The molecule has 2 aromatic rings. The quantitative estimate of drug-likeness (QED) is 0.792. The van der Waals surface area contributed by atoms with E-state index in [1.165, 1.54) is 5.56 Å². The van der Waals surface area contributed by atoms with Crippen molar-refractivity contribution in [1.82, 2.24) is 10.2 Å². The van der Waals surface area contributed by atoms with Gasteiger partial charge in [0.2, 0.25) is 0 Å². The lowest BCUT2D eigenvalue weighted by Crippen LogP contribution is -1.93. The predicted molar refractivity (Wildman–Crippen MR) is 60.9 cm³/mol. The van der Waals surface area contributed by atoms with Crippen molar-refractivity contribution in [2.75, 3.05) is 0 Å². The molecule has 0 aliphatic carbocycles. The van der Waals surface area contributed by atoms with Crippen LogP contribution in [-0.2, 0) is 12.8 Å². The first kappa shape index (κ1) is 10.1. The minimum atomic E-state index is 0.459. The molecule has 0 saturated heterocycles. The van der Waals surface area contributed by atoms with E-state index in [0.29, 0.717) is 5.15 Å². The molecule has 0 fully saturated rings. The van der Waals surface area contributed by atoms with Gasteiger partial charge in [0.15, 0.2) is 5.15 Å². The summed E-state index contributed by atoms with van der Waals surface area (Å²) in [5.41, 5.74) is 2.45. The molecule has 2 rings (SSSR count). The molecule has 0 radical (unpaired) electrons. The molecule has 1 aromatic heterocycles. The Hall–Kier alpha value is -1.41. The molecule has 0 unspecified atom stereocenters. The summed E-state index contributed by atoms with van der Waals surface area (Å²) in [6.45, 7) is 0. The SMILES string of the molecule is Clc1cc(CCc2ccccc2)cnn1. The van der Waals surface area contributed by atoms with Gasteiger partial charge in [-0.05, 0) is 30.0 Å². The Morgan fingerprint density at radius 2 is 1.73 bits per heavy atom. The van der Waals surface area contributed by atoms with Crippen molar-refractivity contribution < 1.29 is 0 Å². The second-order valence-electron chi connectivity index (χ2n) is 3.37. The van der Waals surface area contributed by atoms with Crippen LogP contribution in [0.4, 0.5) is 0 Å². The van der Waals surface area contributed by atoms with Crippen LogP contribution >= 0.6 is 11.6 Å². The average molecular weight is 219 g/mol. The highest BCUT2D eigenvalue weighted by atomic mass is 35.5. The van der Waals surface area contributed by atoms with Gasteiger partial charge in [-0.15, -0.1) is 5.10 Å². The van der Waals surface area contributed by atoms with E-state index < -0.39 is 0 Å². The Morgan fingerprint density at radius 1 is 1.00 bits per heavy atom. The third-order valence-electron chi connectivity index (χ3n) is 2.23. The maximum absolute atomic E-state index is 5.75. The number of benzene rings is 1. The Kier molecular flexibility index (Phi) is 3.30. The Bertz CT molecular complexity index is 429. The summed E-state index contributed by atoms with van der Waals surface area (Å²) in [5, 5.41) is 7.98. The molecule has 76 valence electrons. The van der Waals surface area contributed by atoms with E-state index in [1.54, 1.807) is 6.20 Å². The maximum atomic E-state index is 5.75. The summed E-state index contributed by atoms with van der Waals surface area (Å²) < 4.78 is 0. The molecule has 15 heavy (non-hydrogen) atoms. The van der Waals surface area contributed by atoms with E-state index in [-0.39, 0.29) is 0 Å². The average Bonchev–Trinajstić information content (AvgIpc) is 2.28. The highest BCUT2D eigenvalue weighted by Crippen LogP contribution is 2.09. The second-order valence-corrected chi connectivity index (χ2v) is 3.76. The number of hydrogen-bond donors (Lipinski definition) is 0. The van der Waals surface area contributed by atoms with Gasteiger partial charge in [0.05, 0.1) is 6.20 Å². The van der Waals surface area contributed by atoms with E-state index >= 15 is 0 Å². The topological polar surface area (TPSA) is 25.8 Å². The van der Waals surface area contributed by atoms with Crippen LogP contribution in [0.25, 0.3) is 0 Å². The van der Waals surface area contributed by atoms with Gasteiger partial charge in [-0.3, -0.25) is 0 Å². The van der Waals surface area contributed by atoms with Gasteiger partial charge in [0, 0.05) is 0 Å². The van der Waals surface area contributed by atoms with Gasteiger partial charge in [0.25, 0.3) is 0 Å². The summed E-state index contributed by atoms with van der Waals surface area (Å²) >= 11 is 5.75. The second kappa shape index (κ2) is 4.89. The zero-order valence-electron chi connectivity index (χ0n) is 8.23. The fourth-order valence-electron chi connectivity index (χ4n) is 1.45. The summed E-state index contributed by atoms with van der Waals surface area (Å²) in [6.07, 6.45) is 3.71. The first-order chi connectivity index (χ1) is 7.34. The predicted octanol–water partition coefficient (Wildman–Crippen LogP) is 2.92. The van der Waals surface area contributed by atoms with Crippen molar-refractivity contribution in [3.05, 3.63) is 58.9 Å². The number of aryl methyl sites for hydroxylation is 2. The van der Waals surface area contributed by atoms with Crippen LogP contribution in [0, 0.1) is 0 Å². The van der Waals surface area contributed by atoms with Crippen LogP contribution in [0.1, 0.15) is 11.1 Å². The van der Waals surface area contributed by atoms with Crippen LogP contribution < -0.4 is 0 Å². The van der Waals surface area contributed by atoms with Crippen molar-refractivity contribution in [3.8, 4) is 0 Å². The summed E-state index contributed by atoms with van der Waals surface area (Å²) in [4.78, 5) is 0. The number of aromatic nitrogens is 2. The van der Waals surface area contributed by atoms with Gasteiger partial charge in [-0.2, -0.15) is 5.10 Å². The third kappa shape index (κ3) is 3.03. The van der Waals surface area contributed by atoms with Crippen LogP contribution in [0.15, 0.2) is 42.6 Å². The van der Waals surface area contributed by atoms with Crippen molar-refractivity contribution >= 4 is 11.6 Å². The lowest BCUT2D eigenvalue weighted by atomic mass is 10.1. The Morgan fingerprint density at radius 3 is 2.47 bits per heavy atom. The fourth-order valence-corrected chi connectivity index (χ4v) is 1.63. The fraction of sp³-hybridized carbons (Fsp3) is 0.167. The van der Waals surface area contributed by atoms with E-state index in [9.17, 15) is 0 Å². The monoisotopic (exact) mass is 218 g/mol. The molecular formula is C12H11ClN2. The van der Waals surface area contributed by atoms with Gasteiger partial charge >= 0.3 is 0 Å². The molecule has 0 amide bonds. The lowest BCUT2D eigenvalue weighted by molar-refractivity contribution is 0.919. The van der Waals surface area contributed by atoms with Gasteiger partial charge in [-0.25, -0.2) is 0 Å². The van der Waals surface area contributed by atoms with E-state index in [2.05, 4.69) is 22.3 Å². The van der Waals surface area contributed by atoms with E-state index in [1.807, 2.05) is 24.3 Å². The zero-order chi connectivity index (χ0) is 10.5. The first-order valence-electron chi connectivity index (χ1n) is 4.85. The molecule has 0 N–H and O–H groups in total.